The maximum Gasteiger partial charge on any atom is 0.197 e. The maximum absolute atomic E-state index is 5.39. The molecule has 1 aliphatic heterocycles. The summed E-state index contributed by atoms with van der Waals surface area (Å²) in [7, 11) is 0. The highest BCUT2D eigenvalue weighted by molar-refractivity contribution is 7.80. The number of thiocarbonyl (C=S) groups is 1. The van der Waals surface area contributed by atoms with Crippen LogP contribution in [0.1, 0.15) is 0 Å². The first-order valence-corrected chi connectivity index (χ1v) is 2.99. The number of guanidine groups is 1. The van der Waals surface area contributed by atoms with E-state index in [9.17, 15) is 0 Å². The first-order chi connectivity index (χ1) is 4.22. The molecule has 0 aromatic carbocycles. The molecule has 4 nitrogen and oxygen atoms in total. The molecule has 1 aliphatic rings. The normalized spacial score (nSPS) is 17.8. The Morgan fingerprint density at radius 2 is 2.44 bits per heavy atom. The lowest BCUT2D eigenvalue weighted by atomic mass is 10.6. The van der Waals surface area contributed by atoms with Gasteiger partial charge in [-0.1, -0.05) is 0 Å². The van der Waals surface area contributed by atoms with Gasteiger partial charge in [-0.25, -0.2) is 0 Å². The van der Waals surface area contributed by atoms with Crippen LogP contribution in [-0.4, -0.2) is 29.1 Å². The number of hydrogen-bond donors (Lipinski definition) is 2. The third-order valence-electron chi connectivity index (χ3n) is 1.14. The zero-order chi connectivity index (χ0) is 6.85. The second kappa shape index (κ2) is 2.18. The van der Waals surface area contributed by atoms with E-state index in [0.717, 1.165) is 6.54 Å². The van der Waals surface area contributed by atoms with Crippen LogP contribution in [0.4, 0.5) is 0 Å². The van der Waals surface area contributed by atoms with Crippen LogP contribution in [0.2, 0.25) is 0 Å². The van der Waals surface area contributed by atoms with Crippen LogP contribution < -0.4 is 11.5 Å². The fraction of sp³-hybridized carbons (Fsp3) is 0.500. The van der Waals surface area contributed by atoms with E-state index in [1.165, 1.54) is 0 Å². The molecular weight excluding hydrogens is 136 g/mol. The Bertz CT molecular complexity index is 164. The quantitative estimate of drug-likeness (QED) is 0.422. The highest BCUT2D eigenvalue weighted by atomic mass is 32.1. The van der Waals surface area contributed by atoms with Crippen molar-refractivity contribution in [3.05, 3.63) is 0 Å². The topological polar surface area (TPSA) is 67.6 Å². The molecule has 1 rings (SSSR count). The van der Waals surface area contributed by atoms with Gasteiger partial charge in [0.1, 0.15) is 0 Å². The van der Waals surface area contributed by atoms with E-state index in [1.807, 2.05) is 0 Å². The lowest BCUT2D eigenvalue weighted by Gasteiger charge is -2.13. The summed E-state index contributed by atoms with van der Waals surface area (Å²) >= 11 is 4.68. The molecule has 0 aromatic heterocycles. The van der Waals surface area contributed by atoms with Gasteiger partial charge in [0.15, 0.2) is 11.1 Å². The molecule has 1 heterocycles. The first kappa shape index (κ1) is 6.28. The zero-order valence-electron chi connectivity index (χ0n) is 4.87. The van der Waals surface area contributed by atoms with Gasteiger partial charge >= 0.3 is 0 Å². The first-order valence-electron chi connectivity index (χ1n) is 2.58. The van der Waals surface area contributed by atoms with Gasteiger partial charge in [0, 0.05) is 6.54 Å². The molecule has 0 radical (unpaired) electrons. The van der Waals surface area contributed by atoms with Crippen molar-refractivity contribution in [3.63, 3.8) is 0 Å². The van der Waals surface area contributed by atoms with Crippen molar-refractivity contribution < 1.29 is 0 Å². The molecule has 0 spiro atoms. The summed E-state index contributed by atoms with van der Waals surface area (Å²) in [6.07, 6.45) is 0. The second-order valence-corrected chi connectivity index (χ2v) is 2.15. The average molecular weight is 144 g/mol. The smallest absolute Gasteiger partial charge is 0.197 e. The number of aliphatic imine (C=N–C) groups is 1. The molecule has 0 fully saturated rings. The molecule has 0 saturated heterocycles. The molecule has 4 N–H and O–H groups in total. The molecule has 0 aliphatic carbocycles. The maximum atomic E-state index is 5.39. The summed E-state index contributed by atoms with van der Waals surface area (Å²) < 4.78 is 0. The van der Waals surface area contributed by atoms with Crippen LogP contribution >= 0.6 is 12.2 Å². The minimum atomic E-state index is 0.300. The van der Waals surface area contributed by atoms with Crippen LogP contribution in [0, 0.1) is 0 Å². The van der Waals surface area contributed by atoms with Gasteiger partial charge in [-0.3, -0.25) is 9.89 Å². The largest absolute Gasteiger partial charge is 0.376 e. The van der Waals surface area contributed by atoms with Crippen molar-refractivity contribution in [1.29, 1.82) is 0 Å². The van der Waals surface area contributed by atoms with E-state index in [4.69, 9.17) is 11.5 Å². The molecule has 0 atom stereocenters. The number of nitrogens with two attached hydrogens (primary N) is 2. The van der Waals surface area contributed by atoms with Crippen molar-refractivity contribution in [2.75, 3.05) is 13.1 Å². The van der Waals surface area contributed by atoms with Gasteiger partial charge in [0.25, 0.3) is 0 Å². The lowest BCUT2D eigenvalue weighted by molar-refractivity contribution is 0.664. The summed E-state index contributed by atoms with van der Waals surface area (Å²) in [5, 5.41) is 0.300. The third kappa shape index (κ3) is 1.10. The van der Waals surface area contributed by atoms with Crippen molar-refractivity contribution in [1.82, 2.24) is 4.90 Å². The van der Waals surface area contributed by atoms with Crippen molar-refractivity contribution in [2.45, 2.75) is 0 Å². The molecule has 0 bridgehead atoms. The van der Waals surface area contributed by atoms with Gasteiger partial charge in [0.05, 0.1) is 6.54 Å². The van der Waals surface area contributed by atoms with Gasteiger partial charge in [-0.2, -0.15) is 0 Å². The Kier molecular flexibility index (Phi) is 1.52. The van der Waals surface area contributed by atoms with Gasteiger partial charge in [-0.05, 0) is 12.2 Å². The van der Waals surface area contributed by atoms with E-state index in [2.05, 4.69) is 17.2 Å². The SMILES string of the molecule is NC(=S)N1CCN=C1N. The number of rotatable bonds is 0. The molecule has 9 heavy (non-hydrogen) atoms. The minimum Gasteiger partial charge on any atom is -0.376 e. The Balaban J connectivity index is 2.63. The van der Waals surface area contributed by atoms with Crippen LogP contribution in [0.25, 0.3) is 0 Å². The van der Waals surface area contributed by atoms with E-state index in [0.29, 0.717) is 17.6 Å². The van der Waals surface area contributed by atoms with E-state index >= 15 is 0 Å². The third-order valence-corrected chi connectivity index (χ3v) is 1.36. The molecule has 0 aromatic rings. The van der Waals surface area contributed by atoms with Crippen LogP contribution in [0.3, 0.4) is 0 Å². The Labute approximate surface area is 58.5 Å². The van der Waals surface area contributed by atoms with E-state index in [-0.39, 0.29) is 0 Å². The number of nitrogens with zero attached hydrogens (tertiary/aromatic N) is 2. The molecule has 5 heteroatoms. The summed E-state index contributed by atoms with van der Waals surface area (Å²) in [5.41, 5.74) is 10.7. The Hall–Kier alpha value is -0.840. The lowest BCUT2D eigenvalue weighted by Crippen LogP contribution is -2.42. The van der Waals surface area contributed by atoms with E-state index < -0.39 is 0 Å². The average Bonchev–Trinajstić information content (AvgIpc) is 2.13. The monoisotopic (exact) mass is 144 g/mol. The molecule has 0 saturated carbocycles. The summed E-state index contributed by atoms with van der Waals surface area (Å²) in [6, 6.07) is 0. The van der Waals surface area contributed by atoms with Crippen LogP contribution in [0.5, 0.6) is 0 Å². The minimum absolute atomic E-state index is 0.300. The fourth-order valence-electron chi connectivity index (χ4n) is 0.688. The zero-order valence-corrected chi connectivity index (χ0v) is 5.69. The fourth-order valence-corrected chi connectivity index (χ4v) is 0.872. The summed E-state index contributed by atoms with van der Waals surface area (Å²) in [6.45, 7) is 1.42. The van der Waals surface area contributed by atoms with Gasteiger partial charge in [0.2, 0.25) is 0 Å². The number of hydrogen-bond acceptors (Lipinski definition) is 3. The van der Waals surface area contributed by atoms with Crippen molar-refractivity contribution in [3.8, 4) is 0 Å². The highest BCUT2D eigenvalue weighted by Gasteiger charge is 2.14. The van der Waals surface area contributed by atoms with Crippen LogP contribution in [-0.2, 0) is 0 Å². The van der Waals surface area contributed by atoms with E-state index in [1.54, 1.807) is 4.90 Å². The highest BCUT2D eigenvalue weighted by Crippen LogP contribution is 1.95. The Morgan fingerprint density at radius 1 is 1.78 bits per heavy atom. The molecule has 50 valence electrons. The van der Waals surface area contributed by atoms with Gasteiger partial charge < -0.3 is 11.5 Å². The summed E-state index contributed by atoms with van der Waals surface area (Å²) in [4.78, 5) is 5.50. The van der Waals surface area contributed by atoms with Gasteiger partial charge in [-0.15, -0.1) is 0 Å². The van der Waals surface area contributed by atoms with Crippen molar-refractivity contribution in [2.24, 2.45) is 16.5 Å². The molecular formula is C4H8N4S. The molecule has 0 amide bonds. The second-order valence-electron chi connectivity index (χ2n) is 1.73. The Morgan fingerprint density at radius 3 is 2.67 bits per heavy atom. The molecule has 0 unspecified atom stereocenters. The summed E-state index contributed by atoms with van der Waals surface area (Å²) in [5.74, 6) is 0.433. The predicted octanol–water partition coefficient (Wildman–Crippen LogP) is -1.14. The van der Waals surface area contributed by atoms with Crippen molar-refractivity contribution >= 4 is 23.3 Å². The standard InChI is InChI=1S/C4H8N4S/c5-3-7-1-2-8(3)4(6)9/h1-2H2,(H2,5,7)(H2,6,9). The van der Waals surface area contributed by atoms with Crippen LogP contribution in [0.15, 0.2) is 4.99 Å². The predicted molar refractivity (Wildman–Crippen MR) is 40.0 cm³/mol.